The van der Waals surface area contributed by atoms with Crippen molar-refractivity contribution < 1.29 is 9.47 Å². The van der Waals surface area contributed by atoms with Crippen LogP contribution in [0.2, 0.25) is 0 Å². The van der Waals surface area contributed by atoms with Gasteiger partial charge in [0.25, 0.3) is 0 Å². The van der Waals surface area contributed by atoms with Gasteiger partial charge >= 0.3 is 0 Å². The summed E-state index contributed by atoms with van der Waals surface area (Å²) < 4.78 is 11.3. The topological polar surface area (TPSA) is 44.5 Å². The number of hydrogen-bond acceptors (Lipinski definition) is 3. The van der Waals surface area contributed by atoms with Crippen LogP contribution in [0.5, 0.6) is 0 Å². The molecule has 0 amide bonds. The van der Waals surface area contributed by atoms with E-state index in [9.17, 15) is 0 Å². The largest absolute Gasteiger partial charge is 0.348 e. The van der Waals surface area contributed by atoms with Crippen LogP contribution >= 0.6 is 0 Å². The fourth-order valence-electron chi connectivity index (χ4n) is 2.50. The van der Waals surface area contributed by atoms with Crippen molar-refractivity contribution in [2.75, 3.05) is 13.2 Å². The van der Waals surface area contributed by atoms with E-state index in [-0.39, 0.29) is 5.54 Å². The molecule has 0 bridgehead atoms. The van der Waals surface area contributed by atoms with Crippen LogP contribution in [0.4, 0.5) is 0 Å². The first-order chi connectivity index (χ1) is 5.72. The highest BCUT2D eigenvalue weighted by Crippen LogP contribution is 2.47. The number of nitrogens with two attached hydrogens (primary N) is 1. The van der Waals surface area contributed by atoms with Crippen LogP contribution in [0.15, 0.2) is 0 Å². The second-order valence-electron chi connectivity index (χ2n) is 3.79. The summed E-state index contributed by atoms with van der Waals surface area (Å²) in [6.07, 6.45) is 4.11. The van der Waals surface area contributed by atoms with Gasteiger partial charge in [-0.25, -0.2) is 0 Å². The van der Waals surface area contributed by atoms with Crippen LogP contribution in [-0.2, 0) is 9.47 Å². The van der Waals surface area contributed by atoms with E-state index in [1.807, 2.05) is 6.92 Å². The summed E-state index contributed by atoms with van der Waals surface area (Å²) in [5.74, 6) is -0.429. The van der Waals surface area contributed by atoms with Gasteiger partial charge in [0.1, 0.15) is 0 Å². The van der Waals surface area contributed by atoms with Crippen molar-refractivity contribution in [2.24, 2.45) is 5.73 Å². The van der Waals surface area contributed by atoms with Crippen LogP contribution in [0.25, 0.3) is 0 Å². The Morgan fingerprint density at radius 1 is 1.42 bits per heavy atom. The van der Waals surface area contributed by atoms with Crippen LogP contribution in [0.1, 0.15) is 32.6 Å². The Bertz CT molecular complexity index is 171. The number of ether oxygens (including phenoxy) is 2. The molecule has 1 aliphatic heterocycles. The van der Waals surface area contributed by atoms with Gasteiger partial charge in [-0.2, -0.15) is 0 Å². The summed E-state index contributed by atoms with van der Waals surface area (Å²) in [5.41, 5.74) is 6.04. The highest BCUT2D eigenvalue weighted by Gasteiger charge is 2.58. The van der Waals surface area contributed by atoms with E-state index < -0.39 is 5.79 Å². The molecule has 0 spiro atoms. The van der Waals surface area contributed by atoms with Crippen molar-refractivity contribution in [3.8, 4) is 0 Å². The van der Waals surface area contributed by atoms with E-state index in [1.165, 1.54) is 0 Å². The van der Waals surface area contributed by atoms with E-state index in [4.69, 9.17) is 15.2 Å². The maximum Gasteiger partial charge on any atom is 0.186 e. The molecule has 3 nitrogen and oxygen atoms in total. The van der Waals surface area contributed by atoms with E-state index in [0.29, 0.717) is 6.61 Å². The average Bonchev–Trinajstić information content (AvgIpc) is 2.42. The molecule has 2 N–H and O–H groups in total. The lowest BCUT2D eigenvalue weighted by Crippen LogP contribution is -2.55. The van der Waals surface area contributed by atoms with E-state index in [1.54, 1.807) is 0 Å². The second-order valence-corrected chi connectivity index (χ2v) is 3.79. The summed E-state index contributed by atoms with van der Waals surface area (Å²) in [4.78, 5) is 0. The molecule has 0 radical (unpaired) electrons. The van der Waals surface area contributed by atoms with Crippen LogP contribution in [0.3, 0.4) is 0 Å². The van der Waals surface area contributed by atoms with Crippen LogP contribution < -0.4 is 5.73 Å². The summed E-state index contributed by atoms with van der Waals surface area (Å²) in [7, 11) is 0. The minimum absolute atomic E-state index is 0.191. The van der Waals surface area contributed by atoms with Gasteiger partial charge in [0, 0.05) is 13.0 Å². The molecule has 2 atom stereocenters. The highest BCUT2D eigenvalue weighted by atomic mass is 16.7. The molecule has 0 aromatic carbocycles. The first-order valence-electron chi connectivity index (χ1n) is 4.79. The molecule has 2 rings (SSSR count). The third-order valence-corrected chi connectivity index (χ3v) is 3.15. The summed E-state index contributed by atoms with van der Waals surface area (Å²) in [5, 5.41) is 0. The molecule has 0 aromatic heterocycles. The molecule has 2 fully saturated rings. The highest BCUT2D eigenvalue weighted by molar-refractivity contribution is 5.07. The molecule has 1 aliphatic carbocycles. The molecule has 1 heterocycles. The fourth-order valence-corrected chi connectivity index (χ4v) is 2.50. The van der Waals surface area contributed by atoms with Crippen molar-refractivity contribution >= 4 is 0 Å². The van der Waals surface area contributed by atoms with Gasteiger partial charge in [-0.1, -0.05) is 0 Å². The molecule has 70 valence electrons. The molecule has 12 heavy (non-hydrogen) atoms. The molecule has 0 aromatic rings. The lowest BCUT2D eigenvalue weighted by Gasteiger charge is -2.35. The van der Waals surface area contributed by atoms with E-state index in [0.717, 1.165) is 32.3 Å². The standard InChI is InChI=1S/C9H17NO2/c1-2-11-9-5-3-4-8(9,10)6-7-12-9/h2-7,10H2,1H3. The number of fused-ring (bicyclic) bond motifs is 1. The molecule has 3 heteroatoms. The summed E-state index contributed by atoms with van der Waals surface area (Å²) in [6, 6.07) is 0. The van der Waals surface area contributed by atoms with Gasteiger partial charge in [0.05, 0.1) is 12.1 Å². The van der Waals surface area contributed by atoms with Crippen molar-refractivity contribution in [1.29, 1.82) is 0 Å². The van der Waals surface area contributed by atoms with E-state index in [2.05, 4.69) is 0 Å². The van der Waals surface area contributed by atoms with Gasteiger partial charge in [-0.05, 0) is 26.2 Å². The maximum absolute atomic E-state index is 6.24. The number of hydrogen-bond donors (Lipinski definition) is 1. The Balaban J connectivity index is 2.20. The first kappa shape index (κ1) is 8.48. The molecular formula is C9H17NO2. The van der Waals surface area contributed by atoms with Crippen LogP contribution in [-0.4, -0.2) is 24.5 Å². The van der Waals surface area contributed by atoms with Crippen LogP contribution in [0, 0.1) is 0 Å². The van der Waals surface area contributed by atoms with Crippen molar-refractivity contribution in [3.63, 3.8) is 0 Å². The maximum atomic E-state index is 6.24. The quantitative estimate of drug-likeness (QED) is 0.674. The Hall–Kier alpha value is -0.120. The fraction of sp³-hybridized carbons (Fsp3) is 1.00. The Morgan fingerprint density at radius 3 is 3.00 bits per heavy atom. The van der Waals surface area contributed by atoms with Gasteiger partial charge in [0.15, 0.2) is 5.79 Å². The zero-order valence-electron chi connectivity index (χ0n) is 7.64. The van der Waals surface area contributed by atoms with Gasteiger partial charge < -0.3 is 15.2 Å². The minimum Gasteiger partial charge on any atom is -0.348 e. The molecule has 1 saturated heterocycles. The normalized spacial score (nSPS) is 46.5. The lowest BCUT2D eigenvalue weighted by molar-refractivity contribution is -0.223. The number of rotatable bonds is 2. The molecule has 1 saturated carbocycles. The van der Waals surface area contributed by atoms with Crippen molar-refractivity contribution in [1.82, 2.24) is 0 Å². The summed E-state index contributed by atoms with van der Waals surface area (Å²) in [6.45, 7) is 3.45. The second kappa shape index (κ2) is 2.69. The predicted octanol–water partition coefficient (Wildman–Crippen LogP) is 1.02. The average molecular weight is 171 g/mol. The van der Waals surface area contributed by atoms with Crippen molar-refractivity contribution in [2.45, 2.75) is 43.9 Å². The SMILES string of the molecule is CCOC12CCCC1(N)CCO2. The monoisotopic (exact) mass is 171 g/mol. The van der Waals surface area contributed by atoms with Gasteiger partial charge in [0.2, 0.25) is 0 Å². The predicted molar refractivity (Wildman–Crippen MR) is 45.7 cm³/mol. The van der Waals surface area contributed by atoms with Gasteiger partial charge in [-0.15, -0.1) is 0 Å². The third kappa shape index (κ3) is 0.934. The Morgan fingerprint density at radius 2 is 2.25 bits per heavy atom. The van der Waals surface area contributed by atoms with E-state index >= 15 is 0 Å². The smallest absolute Gasteiger partial charge is 0.186 e. The van der Waals surface area contributed by atoms with Gasteiger partial charge in [-0.3, -0.25) is 0 Å². The zero-order valence-corrected chi connectivity index (χ0v) is 7.64. The summed E-state index contributed by atoms with van der Waals surface area (Å²) >= 11 is 0. The Kier molecular flexibility index (Phi) is 1.90. The first-order valence-corrected chi connectivity index (χ1v) is 4.79. The molecule has 2 aliphatic rings. The Labute approximate surface area is 73.2 Å². The minimum atomic E-state index is -0.429. The lowest BCUT2D eigenvalue weighted by atomic mass is 9.92. The van der Waals surface area contributed by atoms with Crippen molar-refractivity contribution in [3.05, 3.63) is 0 Å². The molecular weight excluding hydrogens is 154 g/mol. The molecule has 2 unspecified atom stereocenters. The third-order valence-electron chi connectivity index (χ3n) is 3.15. The zero-order chi connectivity index (χ0) is 8.66.